The number of amides is 2. The molecule has 1 unspecified atom stereocenters. The van der Waals surface area contributed by atoms with Crippen LogP contribution in [-0.2, 0) is 14.3 Å². The molecule has 1 heterocycles. The maximum absolute atomic E-state index is 13.3. The zero-order valence-corrected chi connectivity index (χ0v) is 20.4. The van der Waals surface area contributed by atoms with Crippen molar-refractivity contribution in [1.82, 2.24) is 15.1 Å². The Hall–Kier alpha value is -3.39. The van der Waals surface area contributed by atoms with E-state index in [0.29, 0.717) is 19.5 Å². The van der Waals surface area contributed by atoms with Crippen LogP contribution in [0.1, 0.15) is 37.3 Å². The van der Waals surface area contributed by atoms with Crippen LogP contribution < -0.4 is 5.32 Å². The van der Waals surface area contributed by atoms with Gasteiger partial charge < -0.3 is 20.1 Å². The van der Waals surface area contributed by atoms with Crippen LogP contribution in [0, 0.1) is 5.92 Å². The number of benzene rings is 2. The number of fused-ring (bicyclic) bond motifs is 3. The van der Waals surface area contributed by atoms with E-state index in [-0.39, 0.29) is 30.9 Å². The molecule has 8 nitrogen and oxygen atoms in total. The molecule has 0 bridgehead atoms. The number of ether oxygens (including phenoxy) is 1. The lowest BCUT2D eigenvalue weighted by Crippen LogP contribution is -2.59. The molecular weight excluding hydrogens is 446 g/mol. The van der Waals surface area contributed by atoms with Gasteiger partial charge in [-0.3, -0.25) is 14.5 Å². The topological polar surface area (TPSA) is 99.2 Å². The lowest BCUT2D eigenvalue weighted by Gasteiger charge is -2.38. The SMILES string of the molecule is CC(C)C[C@H](NC(=O)OCC1c2ccccc2-c2ccccc21)C(=O)N1CCN(C)C(C(=O)O)C1. The van der Waals surface area contributed by atoms with E-state index in [9.17, 15) is 19.5 Å². The number of carboxylic acids is 1. The minimum Gasteiger partial charge on any atom is -0.480 e. The normalized spacial score (nSPS) is 18.6. The van der Waals surface area contributed by atoms with E-state index in [1.807, 2.05) is 38.1 Å². The fourth-order valence-corrected chi connectivity index (χ4v) is 5.04. The second-order valence-corrected chi connectivity index (χ2v) is 9.77. The highest BCUT2D eigenvalue weighted by Gasteiger charge is 2.36. The third-order valence-electron chi connectivity index (χ3n) is 6.89. The fraction of sp³-hybridized carbons (Fsp3) is 0.444. The number of nitrogens with zero attached hydrogens (tertiary/aromatic N) is 2. The van der Waals surface area contributed by atoms with E-state index in [2.05, 4.69) is 29.6 Å². The van der Waals surface area contributed by atoms with Crippen molar-refractivity contribution in [1.29, 1.82) is 0 Å². The Morgan fingerprint density at radius 3 is 2.20 bits per heavy atom. The first-order valence-electron chi connectivity index (χ1n) is 12.1. The van der Waals surface area contributed by atoms with Gasteiger partial charge in [-0.05, 0) is 41.6 Å². The van der Waals surface area contributed by atoms with Crippen LogP contribution in [0.2, 0.25) is 0 Å². The molecule has 186 valence electrons. The Labute approximate surface area is 205 Å². The Bertz CT molecular complexity index is 1060. The number of carbonyl (C=O) groups excluding carboxylic acids is 2. The van der Waals surface area contributed by atoms with E-state index in [4.69, 9.17) is 4.74 Å². The van der Waals surface area contributed by atoms with Gasteiger partial charge in [0.25, 0.3) is 0 Å². The monoisotopic (exact) mass is 479 g/mol. The summed E-state index contributed by atoms with van der Waals surface area (Å²) in [6.07, 6.45) is -0.206. The van der Waals surface area contributed by atoms with Gasteiger partial charge in [0, 0.05) is 25.6 Å². The van der Waals surface area contributed by atoms with E-state index in [1.54, 1.807) is 11.9 Å². The van der Waals surface area contributed by atoms with E-state index >= 15 is 0 Å². The second kappa shape index (κ2) is 10.5. The Kier molecular flexibility index (Phi) is 7.40. The molecular formula is C27H33N3O5. The van der Waals surface area contributed by atoms with Crippen LogP contribution in [0.5, 0.6) is 0 Å². The average molecular weight is 480 g/mol. The number of likely N-dealkylation sites (N-methyl/N-ethyl adjacent to an activating group) is 1. The molecule has 2 aliphatic rings. The Morgan fingerprint density at radius 2 is 1.63 bits per heavy atom. The fourth-order valence-electron chi connectivity index (χ4n) is 5.04. The van der Waals surface area contributed by atoms with Crippen LogP contribution in [0.25, 0.3) is 11.1 Å². The molecule has 2 amide bonds. The van der Waals surface area contributed by atoms with E-state index < -0.39 is 24.1 Å². The van der Waals surface area contributed by atoms with Crippen molar-refractivity contribution in [2.24, 2.45) is 5.92 Å². The maximum Gasteiger partial charge on any atom is 0.407 e. The summed E-state index contributed by atoms with van der Waals surface area (Å²) in [6, 6.07) is 14.7. The average Bonchev–Trinajstić information content (AvgIpc) is 3.15. The number of carbonyl (C=O) groups is 3. The van der Waals surface area contributed by atoms with Gasteiger partial charge in [-0.2, -0.15) is 0 Å². The van der Waals surface area contributed by atoms with Gasteiger partial charge >= 0.3 is 12.1 Å². The first-order chi connectivity index (χ1) is 16.8. The molecule has 35 heavy (non-hydrogen) atoms. The van der Waals surface area contributed by atoms with E-state index in [1.165, 1.54) is 4.90 Å². The number of hydrogen-bond acceptors (Lipinski definition) is 5. The number of carboxylic acid groups (broad SMARTS) is 1. The lowest BCUT2D eigenvalue weighted by molar-refractivity contribution is -0.148. The summed E-state index contributed by atoms with van der Waals surface area (Å²) in [5.74, 6) is -1.15. The van der Waals surface area contributed by atoms with Crippen molar-refractivity contribution in [3.63, 3.8) is 0 Å². The standard InChI is InChI=1S/C27H33N3O5/c1-17(2)14-23(25(31)30-13-12-29(3)24(15-30)26(32)33)28-27(34)35-16-22-20-10-6-4-8-18(20)19-9-5-7-11-21(19)22/h4-11,17,22-24H,12-16H2,1-3H3,(H,28,34)(H,32,33)/t23-,24?/m0/s1. The smallest absolute Gasteiger partial charge is 0.407 e. The van der Waals surface area contributed by atoms with Gasteiger partial charge in [0.15, 0.2) is 0 Å². The number of rotatable bonds is 7. The zero-order chi connectivity index (χ0) is 25.1. The molecule has 0 spiro atoms. The molecule has 2 N–H and O–H groups in total. The van der Waals surface area contributed by atoms with Crippen molar-refractivity contribution < 1.29 is 24.2 Å². The summed E-state index contributed by atoms with van der Waals surface area (Å²) in [5.41, 5.74) is 4.53. The first-order valence-corrected chi connectivity index (χ1v) is 12.1. The highest BCUT2D eigenvalue weighted by Crippen LogP contribution is 2.44. The third-order valence-corrected chi connectivity index (χ3v) is 6.89. The summed E-state index contributed by atoms with van der Waals surface area (Å²) in [5, 5.41) is 12.2. The molecule has 2 aromatic carbocycles. The zero-order valence-electron chi connectivity index (χ0n) is 20.4. The summed E-state index contributed by atoms with van der Waals surface area (Å²) < 4.78 is 5.64. The van der Waals surface area contributed by atoms with Crippen LogP contribution in [0.4, 0.5) is 4.79 Å². The number of nitrogens with one attached hydrogen (secondary N) is 1. The van der Waals surface area contributed by atoms with Crippen molar-refractivity contribution in [2.75, 3.05) is 33.3 Å². The predicted molar refractivity (Wildman–Crippen MR) is 132 cm³/mol. The summed E-state index contributed by atoms with van der Waals surface area (Å²) in [7, 11) is 1.74. The molecule has 0 radical (unpaired) electrons. The summed E-state index contributed by atoms with van der Waals surface area (Å²) >= 11 is 0. The summed E-state index contributed by atoms with van der Waals surface area (Å²) in [4.78, 5) is 40.9. The van der Waals surface area contributed by atoms with Gasteiger partial charge in [-0.15, -0.1) is 0 Å². The molecule has 2 aromatic rings. The van der Waals surface area contributed by atoms with Gasteiger partial charge in [-0.1, -0.05) is 62.4 Å². The second-order valence-electron chi connectivity index (χ2n) is 9.77. The lowest BCUT2D eigenvalue weighted by atomic mass is 9.98. The van der Waals surface area contributed by atoms with Crippen LogP contribution in [-0.4, -0.2) is 78.2 Å². The van der Waals surface area contributed by atoms with Crippen molar-refractivity contribution in [2.45, 2.75) is 38.3 Å². The molecule has 1 aliphatic heterocycles. The molecule has 1 saturated heterocycles. The minimum atomic E-state index is -0.963. The van der Waals surface area contributed by atoms with Gasteiger partial charge in [0.1, 0.15) is 18.7 Å². The highest BCUT2D eigenvalue weighted by molar-refractivity contribution is 5.87. The third kappa shape index (κ3) is 5.32. The highest BCUT2D eigenvalue weighted by atomic mass is 16.5. The number of piperazine rings is 1. The largest absolute Gasteiger partial charge is 0.480 e. The molecule has 0 saturated carbocycles. The predicted octanol–water partition coefficient (Wildman–Crippen LogP) is 3.17. The van der Waals surface area contributed by atoms with E-state index in [0.717, 1.165) is 22.3 Å². The maximum atomic E-state index is 13.3. The number of hydrogen-bond donors (Lipinski definition) is 2. The quantitative estimate of drug-likeness (QED) is 0.633. The van der Waals surface area contributed by atoms with Crippen molar-refractivity contribution >= 4 is 18.0 Å². The van der Waals surface area contributed by atoms with Crippen molar-refractivity contribution in [3.05, 3.63) is 59.7 Å². The summed E-state index contributed by atoms with van der Waals surface area (Å²) in [6.45, 7) is 5.08. The van der Waals surface area contributed by atoms with Crippen molar-refractivity contribution in [3.8, 4) is 11.1 Å². The van der Waals surface area contributed by atoms with Crippen LogP contribution in [0.3, 0.4) is 0 Å². The minimum absolute atomic E-state index is 0.0682. The van der Waals surface area contributed by atoms with Gasteiger partial charge in [0.2, 0.25) is 5.91 Å². The molecule has 2 atom stereocenters. The first kappa shape index (κ1) is 24.7. The molecule has 8 heteroatoms. The molecule has 1 fully saturated rings. The Morgan fingerprint density at radius 1 is 1.03 bits per heavy atom. The molecule has 0 aromatic heterocycles. The number of alkyl carbamates (subject to hydrolysis) is 1. The molecule has 1 aliphatic carbocycles. The molecule has 4 rings (SSSR count). The van der Waals surface area contributed by atoms with Crippen LogP contribution >= 0.6 is 0 Å². The van der Waals surface area contributed by atoms with Gasteiger partial charge in [0.05, 0.1) is 0 Å². The number of aliphatic carboxylic acids is 1. The Balaban J connectivity index is 1.42. The van der Waals surface area contributed by atoms with Gasteiger partial charge in [-0.25, -0.2) is 4.79 Å². The van der Waals surface area contributed by atoms with Crippen LogP contribution in [0.15, 0.2) is 48.5 Å².